The van der Waals surface area contributed by atoms with Crippen LogP contribution in [0.3, 0.4) is 0 Å². The Bertz CT molecular complexity index is 1560. The van der Waals surface area contributed by atoms with Crippen LogP contribution in [-0.2, 0) is 12.7 Å². The smallest absolute Gasteiger partial charge is 0.381 e. The number of nitrogens with one attached hydrogen (secondary N) is 2. The zero-order valence-corrected chi connectivity index (χ0v) is 19.2. The number of aromatic amines is 1. The summed E-state index contributed by atoms with van der Waals surface area (Å²) in [5.41, 5.74) is -4.26. The van der Waals surface area contributed by atoms with Crippen LogP contribution >= 0.6 is 0 Å². The zero-order valence-electron chi connectivity index (χ0n) is 19.2. The van der Waals surface area contributed by atoms with Crippen LogP contribution in [-0.4, -0.2) is 25.8 Å². The van der Waals surface area contributed by atoms with E-state index in [1.54, 1.807) is 12.0 Å². The fraction of sp³-hybridized carbons (Fsp3) is 0.250. The number of fused-ring (bicyclic) bond motifs is 1. The monoisotopic (exact) mass is 523 g/mol. The van der Waals surface area contributed by atoms with Crippen molar-refractivity contribution in [2.24, 2.45) is 0 Å². The van der Waals surface area contributed by atoms with Crippen LogP contribution in [0.5, 0.6) is 0 Å². The molecule has 0 bridgehead atoms. The number of nitrogens with zero attached hydrogens (tertiary/aromatic N) is 3. The van der Waals surface area contributed by atoms with Gasteiger partial charge in [0.15, 0.2) is 11.6 Å². The molecule has 0 saturated carbocycles. The van der Waals surface area contributed by atoms with E-state index in [9.17, 15) is 35.9 Å². The van der Waals surface area contributed by atoms with Crippen LogP contribution in [0.25, 0.3) is 22.0 Å². The molecule has 1 unspecified atom stereocenters. The van der Waals surface area contributed by atoms with Crippen molar-refractivity contribution in [1.82, 2.24) is 19.7 Å². The maximum absolute atomic E-state index is 14.9. The van der Waals surface area contributed by atoms with E-state index < -0.39 is 57.4 Å². The molecule has 0 saturated heterocycles. The molecule has 0 fully saturated rings. The number of H-pyrrole nitrogens is 1. The quantitative estimate of drug-likeness (QED) is 0.338. The number of halogens is 6. The Kier molecular flexibility index (Phi) is 7.05. The molecule has 4 rings (SSSR count). The molecule has 3 heterocycles. The fourth-order valence-corrected chi connectivity index (χ4v) is 3.97. The Morgan fingerprint density at radius 3 is 2.51 bits per heavy atom. The molecule has 0 radical (unpaired) electrons. The number of anilines is 1. The van der Waals surface area contributed by atoms with E-state index >= 15 is 0 Å². The van der Waals surface area contributed by atoms with Crippen LogP contribution in [0.1, 0.15) is 25.3 Å². The van der Waals surface area contributed by atoms with E-state index in [4.69, 9.17) is 0 Å². The summed E-state index contributed by atoms with van der Waals surface area (Å²) in [5, 5.41) is 7.40. The second-order valence-electron chi connectivity index (χ2n) is 8.37. The lowest BCUT2D eigenvalue weighted by Crippen LogP contribution is -2.27. The van der Waals surface area contributed by atoms with Crippen molar-refractivity contribution in [1.29, 1.82) is 0 Å². The van der Waals surface area contributed by atoms with Crippen molar-refractivity contribution in [3.63, 3.8) is 0 Å². The van der Waals surface area contributed by atoms with E-state index in [0.29, 0.717) is 6.42 Å². The van der Waals surface area contributed by atoms with Crippen molar-refractivity contribution < 1.29 is 26.3 Å². The van der Waals surface area contributed by atoms with Gasteiger partial charge in [0.2, 0.25) is 0 Å². The second-order valence-corrected chi connectivity index (χ2v) is 8.37. The first-order valence-corrected chi connectivity index (χ1v) is 11.0. The predicted octanol–water partition coefficient (Wildman–Crippen LogP) is 4.86. The normalized spacial score (nSPS) is 12.6. The molecule has 7 nitrogen and oxygen atoms in total. The summed E-state index contributed by atoms with van der Waals surface area (Å²) in [6.07, 6.45) is -1.20. The molecule has 37 heavy (non-hydrogen) atoms. The topological polar surface area (TPSA) is 92.7 Å². The number of pyridine rings is 2. The average molecular weight is 523 g/mol. The SMILES string of the molecule is CC(CCCn1ccc2cc(-c3ccc(F)cn3)c(F)c(F)c2c1=O)Nc1cn[nH]c(=O)c1C(F)(F)F. The van der Waals surface area contributed by atoms with Crippen LogP contribution < -0.4 is 16.4 Å². The lowest BCUT2D eigenvalue weighted by atomic mass is 10.0. The number of hydrogen-bond acceptors (Lipinski definition) is 5. The maximum Gasteiger partial charge on any atom is 0.423 e. The Morgan fingerprint density at radius 2 is 1.84 bits per heavy atom. The number of alkyl halides is 3. The number of rotatable bonds is 7. The third-order valence-electron chi connectivity index (χ3n) is 5.73. The molecule has 0 aliphatic heterocycles. The predicted molar refractivity (Wildman–Crippen MR) is 123 cm³/mol. The highest BCUT2D eigenvalue weighted by Crippen LogP contribution is 2.32. The molecule has 0 aliphatic carbocycles. The molecule has 0 aliphatic rings. The fourth-order valence-electron chi connectivity index (χ4n) is 3.97. The van der Waals surface area contributed by atoms with Gasteiger partial charge in [-0.05, 0) is 49.4 Å². The Labute approximate surface area is 204 Å². The van der Waals surface area contributed by atoms with Crippen LogP contribution in [0.4, 0.5) is 32.0 Å². The molecule has 2 N–H and O–H groups in total. The van der Waals surface area contributed by atoms with Gasteiger partial charge in [0.05, 0.1) is 29.2 Å². The molecule has 13 heteroatoms. The first-order chi connectivity index (χ1) is 17.5. The van der Waals surface area contributed by atoms with Crippen molar-refractivity contribution in [2.75, 3.05) is 5.32 Å². The molecular weight excluding hydrogens is 504 g/mol. The number of hydrogen-bond donors (Lipinski definition) is 2. The van der Waals surface area contributed by atoms with Crippen molar-refractivity contribution in [2.45, 2.75) is 38.5 Å². The van der Waals surface area contributed by atoms with Crippen molar-refractivity contribution >= 4 is 16.5 Å². The van der Waals surface area contributed by atoms with E-state index in [0.717, 1.165) is 18.5 Å². The molecule has 3 aromatic heterocycles. The lowest BCUT2D eigenvalue weighted by molar-refractivity contribution is -0.138. The number of benzene rings is 1. The number of aromatic nitrogens is 4. The Hall–Kier alpha value is -4.16. The highest BCUT2D eigenvalue weighted by atomic mass is 19.4. The molecule has 4 aromatic rings. The number of aryl methyl sites for hydroxylation is 1. The van der Waals surface area contributed by atoms with Crippen LogP contribution in [0.15, 0.2) is 52.4 Å². The van der Waals surface area contributed by atoms with E-state index in [-0.39, 0.29) is 29.6 Å². The van der Waals surface area contributed by atoms with Gasteiger partial charge < -0.3 is 9.88 Å². The minimum Gasteiger partial charge on any atom is -0.381 e. The molecule has 0 amide bonds. The van der Waals surface area contributed by atoms with Gasteiger partial charge in [-0.15, -0.1) is 0 Å². The van der Waals surface area contributed by atoms with Gasteiger partial charge in [0.1, 0.15) is 11.4 Å². The average Bonchev–Trinajstić information content (AvgIpc) is 2.82. The molecule has 0 spiro atoms. The lowest BCUT2D eigenvalue weighted by Gasteiger charge is -2.18. The van der Waals surface area contributed by atoms with E-state index in [2.05, 4.69) is 15.4 Å². The van der Waals surface area contributed by atoms with Gasteiger partial charge in [-0.3, -0.25) is 14.6 Å². The molecule has 194 valence electrons. The van der Waals surface area contributed by atoms with Crippen LogP contribution in [0, 0.1) is 17.5 Å². The van der Waals surface area contributed by atoms with Gasteiger partial charge in [0.25, 0.3) is 11.1 Å². The van der Waals surface area contributed by atoms with Crippen LogP contribution in [0.2, 0.25) is 0 Å². The van der Waals surface area contributed by atoms with Gasteiger partial charge in [-0.25, -0.2) is 18.3 Å². The van der Waals surface area contributed by atoms with Crippen molar-refractivity contribution in [3.05, 3.63) is 86.6 Å². The van der Waals surface area contributed by atoms with Gasteiger partial charge in [0, 0.05) is 24.3 Å². The first-order valence-electron chi connectivity index (χ1n) is 11.0. The molecule has 1 atom stereocenters. The summed E-state index contributed by atoms with van der Waals surface area (Å²) < 4.78 is 83.6. The molecule has 1 aromatic carbocycles. The highest BCUT2D eigenvalue weighted by molar-refractivity contribution is 5.87. The summed E-state index contributed by atoms with van der Waals surface area (Å²) in [5.74, 6) is -3.31. The summed E-state index contributed by atoms with van der Waals surface area (Å²) in [6, 6.07) is 4.37. The molecular formula is C24H19F6N5O2. The third kappa shape index (κ3) is 5.34. The largest absolute Gasteiger partial charge is 0.423 e. The van der Waals surface area contributed by atoms with E-state index in [1.165, 1.54) is 29.0 Å². The second kappa shape index (κ2) is 10.1. The third-order valence-corrected chi connectivity index (χ3v) is 5.73. The minimum atomic E-state index is -4.89. The maximum atomic E-state index is 14.9. The summed E-state index contributed by atoms with van der Waals surface area (Å²) in [6.45, 7) is 1.66. The summed E-state index contributed by atoms with van der Waals surface area (Å²) in [7, 11) is 0. The van der Waals surface area contributed by atoms with Gasteiger partial charge in [-0.2, -0.15) is 18.3 Å². The Balaban J connectivity index is 1.51. The van der Waals surface area contributed by atoms with Gasteiger partial charge in [-0.1, -0.05) is 0 Å². The highest BCUT2D eigenvalue weighted by Gasteiger charge is 2.37. The summed E-state index contributed by atoms with van der Waals surface area (Å²) in [4.78, 5) is 28.2. The van der Waals surface area contributed by atoms with Crippen molar-refractivity contribution in [3.8, 4) is 11.3 Å². The standard InChI is InChI=1S/C24H19F6N5O2/c1-12(33-17-11-32-34-22(36)19(17)24(28,29)30)3-2-7-35-8-6-13-9-15(16-5-4-14(25)10-31-16)20(26)21(27)18(13)23(35)37/h4-6,8-12H,2-3,7H2,1H3,(H2,33,34,36). The van der Waals surface area contributed by atoms with Gasteiger partial charge >= 0.3 is 6.18 Å². The zero-order chi connectivity index (χ0) is 26.9. The Morgan fingerprint density at radius 1 is 1.08 bits per heavy atom. The summed E-state index contributed by atoms with van der Waals surface area (Å²) >= 11 is 0. The van der Waals surface area contributed by atoms with E-state index in [1.807, 2.05) is 0 Å². The minimum absolute atomic E-state index is 0.00495. The first kappa shape index (κ1) is 25.9.